The van der Waals surface area contributed by atoms with Crippen molar-refractivity contribution in [3.05, 3.63) is 62.0 Å². The van der Waals surface area contributed by atoms with Crippen LogP contribution in [0.3, 0.4) is 0 Å². The molecule has 10 heteroatoms. The molecule has 0 atom stereocenters. The number of aromatic amines is 1. The van der Waals surface area contributed by atoms with Gasteiger partial charge < -0.3 is 9.88 Å². The molecule has 0 radical (unpaired) electrons. The molecule has 4 rings (SSSR count). The van der Waals surface area contributed by atoms with E-state index in [2.05, 4.69) is 20.3 Å². The number of thiazole rings is 1. The lowest BCUT2D eigenvalue weighted by Gasteiger charge is -2.26. The number of carbonyl (C=O) groups excluding carboxylic acids is 2. The minimum atomic E-state index is -0.583. The standard InChI is InChI=1S/C22H22ClN5O3S/c1-12(2)9-18(29)28-8-7-16-17(11-28)32-22(25-16)27-21(31)15-10-24-19(26-20(15)30)13-3-5-14(23)6-4-13/h3-6,10,12H,7-9,11H2,1-2H3,(H,24,26,30)(H,25,27,31). The number of carbonyl (C=O) groups is 2. The number of hydrogen-bond acceptors (Lipinski definition) is 6. The lowest BCUT2D eigenvalue weighted by molar-refractivity contribution is -0.132. The highest BCUT2D eigenvalue weighted by atomic mass is 35.5. The SMILES string of the molecule is CC(C)CC(=O)N1CCc2nc(NC(=O)c3cnc(-c4ccc(Cl)cc4)[nH]c3=O)sc2C1. The van der Waals surface area contributed by atoms with Crippen LogP contribution in [0.25, 0.3) is 11.4 Å². The fourth-order valence-electron chi connectivity index (χ4n) is 3.42. The first kappa shape index (κ1) is 22.2. The Balaban J connectivity index is 1.46. The molecule has 0 aliphatic carbocycles. The Morgan fingerprint density at radius 2 is 2.03 bits per heavy atom. The maximum absolute atomic E-state index is 12.6. The molecule has 0 fully saturated rings. The van der Waals surface area contributed by atoms with E-state index in [0.29, 0.717) is 53.4 Å². The van der Waals surface area contributed by atoms with Gasteiger partial charge in [0, 0.05) is 41.0 Å². The zero-order chi connectivity index (χ0) is 22.8. The second-order valence-electron chi connectivity index (χ2n) is 7.99. The lowest BCUT2D eigenvalue weighted by Crippen LogP contribution is -2.36. The van der Waals surface area contributed by atoms with Crippen LogP contribution in [0.2, 0.25) is 5.02 Å². The summed E-state index contributed by atoms with van der Waals surface area (Å²) in [5.41, 5.74) is 0.908. The van der Waals surface area contributed by atoms with Crippen molar-refractivity contribution >= 4 is 39.9 Å². The van der Waals surface area contributed by atoms with E-state index in [4.69, 9.17) is 11.6 Å². The molecule has 2 N–H and O–H groups in total. The van der Waals surface area contributed by atoms with E-state index in [1.54, 1.807) is 24.3 Å². The number of hydrogen-bond donors (Lipinski definition) is 2. The molecule has 0 spiro atoms. The fourth-order valence-corrected chi connectivity index (χ4v) is 4.56. The number of fused-ring (bicyclic) bond motifs is 1. The average molecular weight is 472 g/mol. The topological polar surface area (TPSA) is 108 Å². The Bertz CT molecular complexity index is 1220. The summed E-state index contributed by atoms with van der Waals surface area (Å²) < 4.78 is 0. The van der Waals surface area contributed by atoms with E-state index in [1.807, 2.05) is 18.7 Å². The molecule has 166 valence electrons. The van der Waals surface area contributed by atoms with Gasteiger partial charge in [-0.3, -0.25) is 19.7 Å². The predicted molar refractivity (Wildman–Crippen MR) is 124 cm³/mol. The maximum atomic E-state index is 12.6. The van der Waals surface area contributed by atoms with Crippen LogP contribution in [0.15, 0.2) is 35.3 Å². The summed E-state index contributed by atoms with van der Waals surface area (Å²) in [5.74, 6) is 0.195. The Kier molecular flexibility index (Phi) is 6.38. The average Bonchev–Trinajstić information content (AvgIpc) is 3.15. The highest BCUT2D eigenvalue weighted by Gasteiger charge is 2.25. The second-order valence-corrected chi connectivity index (χ2v) is 9.51. The first-order chi connectivity index (χ1) is 15.3. The molecule has 3 aromatic rings. The summed E-state index contributed by atoms with van der Waals surface area (Å²) in [7, 11) is 0. The Morgan fingerprint density at radius 3 is 2.72 bits per heavy atom. The van der Waals surface area contributed by atoms with Crippen LogP contribution in [-0.4, -0.2) is 38.2 Å². The fraction of sp³-hybridized carbons (Fsp3) is 0.318. The van der Waals surface area contributed by atoms with Crippen molar-refractivity contribution < 1.29 is 9.59 Å². The molecule has 1 aliphatic heterocycles. The highest BCUT2D eigenvalue weighted by Crippen LogP contribution is 2.29. The Labute approximate surface area is 193 Å². The number of nitrogens with zero attached hydrogens (tertiary/aromatic N) is 3. The van der Waals surface area contributed by atoms with Crippen LogP contribution in [0.5, 0.6) is 0 Å². The minimum absolute atomic E-state index is 0.107. The molecular weight excluding hydrogens is 450 g/mol. The number of benzene rings is 1. The van der Waals surface area contributed by atoms with Gasteiger partial charge in [-0.2, -0.15) is 0 Å². The van der Waals surface area contributed by atoms with Crippen molar-refractivity contribution in [1.29, 1.82) is 0 Å². The molecule has 3 heterocycles. The lowest BCUT2D eigenvalue weighted by atomic mass is 10.1. The molecule has 2 aromatic heterocycles. The first-order valence-corrected chi connectivity index (χ1v) is 11.4. The summed E-state index contributed by atoms with van der Waals surface area (Å²) in [6.45, 7) is 5.15. The zero-order valence-corrected chi connectivity index (χ0v) is 19.2. The van der Waals surface area contributed by atoms with E-state index < -0.39 is 11.5 Å². The summed E-state index contributed by atoms with van der Waals surface area (Å²) in [5, 5.41) is 3.66. The third-order valence-corrected chi connectivity index (χ3v) is 6.30. The number of H-pyrrole nitrogens is 1. The van der Waals surface area contributed by atoms with Gasteiger partial charge in [0.1, 0.15) is 11.4 Å². The number of rotatable bonds is 5. The molecule has 32 heavy (non-hydrogen) atoms. The molecule has 1 aromatic carbocycles. The van der Waals surface area contributed by atoms with Crippen LogP contribution in [0, 0.1) is 5.92 Å². The number of amides is 2. The maximum Gasteiger partial charge on any atom is 0.264 e. The quantitative estimate of drug-likeness (QED) is 0.589. The van der Waals surface area contributed by atoms with Crippen LogP contribution in [0.1, 0.15) is 41.2 Å². The van der Waals surface area contributed by atoms with Crippen molar-refractivity contribution in [3.8, 4) is 11.4 Å². The van der Waals surface area contributed by atoms with Crippen LogP contribution < -0.4 is 10.9 Å². The van der Waals surface area contributed by atoms with Crippen LogP contribution >= 0.6 is 22.9 Å². The third kappa shape index (κ3) is 4.89. The number of anilines is 1. The van der Waals surface area contributed by atoms with Crippen molar-refractivity contribution in [2.75, 3.05) is 11.9 Å². The van der Waals surface area contributed by atoms with Gasteiger partial charge in [0.25, 0.3) is 11.5 Å². The Morgan fingerprint density at radius 1 is 1.28 bits per heavy atom. The monoisotopic (exact) mass is 471 g/mol. The van der Waals surface area contributed by atoms with Crippen molar-refractivity contribution in [1.82, 2.24) is 19.9 Å². The van der Waals surface area contributed by atoms with Gasteiger partial charge in [0.2, 0.25) is 5.91 Å². The second kappa shape index (κ2) is 9.22. The highest BCUT2D eigenvalue weighted by molar-refractivity contribution is 7.15. The Hall–Kier alpha value is -3.04. The van der Waals surface area contributed by atoms with E-state index in [9.17, 15) is 14.4 Å². The van der Waals surface area contributed by atoms with Crippen LogP contribution in [-0.2, 0) is 17.8 Å². The molecular formula is C22H22ClN5O3S. The van der Waals surface area contributed by atoms with Crippen LogP contribution in [0.4, 0.5) is 5.13 Å². The van der Waals surface area contributed by atoms with Gasteiger partial charge in [-0.1, -0.05) is 36.8 Å². The largest absolute Gasteiger partial charge is 0.337 e. The van der Waals surface area contributed by atoms with E-state index in [1.165, 1.54) is 17.5 Å². The third-order valence-electron chi connectivity index (χ3n) is 5.05. The summed E-state index contributed by atoms with van der Waals surface area (Å²) in [4.78, 5) is 51.6. The predicted octanol–water partition coefficient (Wildman–Crippen LogP) is 3.73. The van der Waals surface area contributed by atoms with Gasteiger partial charge in [0.05, 0.1) is 12.2 Å². The number of nitrogens with one attached hydrogen (secondary N) is 2. The summed E-state index contributed by atoms with van der Waals surface area (Å²) >= 11 is 7.21. The first-order valence-electron chi connectivity index (χ1n) is 10.2. The minimum Gasteiger partial charge on any atom is -0.337 e. The molecule has 0 saturated carbocycles. The summed E-state index contributed by atoms with van der Waals surface area (Å²) in [6.07, 6.45) is 2.40. The van der Waals surface area contributed by atoms with Crippen molar-refractivity contribution in [2.45, 2.75) is 33.2 Å². The number of aromatic nitrogens is 3. The van der Waals surface area contributed by atoms with E-state index >= 15 is 0 Å². The number of halogens is 1. The van der Waals surface area contributed by atoms with Gasteiger partial charge in [-0.15, -0.1) is 0 Å². The molecule has 1 aliphatic rings. The molecule has 0 saturated heterocycles. The zero-order valence-electron chi connectivity index (χ0n) is 17.6. The van der Waals surface area contributed by atoms with Gasteiger partial charge in [0.15, 0.2) is 5.13 Å². The van der Waals surface area contributed by atoms with Crippen molar-refractivity contribution in [2.24, 2.45) is 5.92 Å². The molecule has 2 amide bonds. The molecule has 0 bridgehead atoms. The normalized spacial score (nSPS) is 13.2. The smallest absolute Gasteiger partial charge is 0.264 e. The van der Waals surface area contributed by atoms with E-state index in [0.717, 1.165) is 10.6 Å². The molecule has 8 nitrogen and oxygen atoms in total. The van der Waals surface area contributed by atoms with E-state index in [-0.39, 0.29) is 11.5 Å². The van der Waals surface area contributed by atoms with Crippen molar-refractivity contribution in [3.63, 3.8) is 0 Å². The van der Waals surface area contributed by atoms with Gasteiger partial charge >= 0.3 is 0 Å². The molecule has 0 unspecified atom stereocenters. The van der Waals surface area contributed by atoms with Gasteiger partial charge in [-0.25, -0.2) is 9.97 Å². The summed E-state index contributed by atoms with van der Waals surface area (Å²) in [6, 6.07) is 6.85. The van der Waals surface area contributed by atoms with Gasteiger partial charge in [-0.05, 0) is 30.2 Å².